The van der Waals surface area contributed by atoms with Crippen molar-refractivity contribution in [2.75, 3.05) is 0 Å². The molecule has 0 unspecified atom stereocenters. The Labute approximate surface area is 321 Å². The molecule has 10 aromatic carbocycles. The third-order valence-electron chi connectivity index (χ3n) is 13.9. The summed E-state index contributed by atoms with van der Waals surface area (Å²) in [6.07, 6.45) is 0. The van der Waals surface area contributed by atoms with Crippen LogP contribution in [-0.4, -0.2) is 22.2 Å². The van der Waals surface area contributed by atoms with Gasteiger partial charge in [0.05, 0.1) is 33.1 Å². The predicted molar refractivity (Wildman–Crippen MR) is 241 cm³/mol. The molecule has 0 fully saturated rings. The SMILES string of the molecule is c1ccc(B2c3cccc4c3B(c3ccccc3-4)c3c2c2cccc4c2c2c3cccc2c2c4n3c4ccccc4c4ccc5c6ccccc6n2c5c43)cc1. The molecule has 4 heteroatoms. The van der Waals surface area contributed by atoms with Gasteiger partial charge in [0.1, 0.15) is 0 Å². The smallest absolute Gasteiger partial charge is 0.242 e. The minimum Gasteiger partial charge on any atom is -0.304 e. The highest BCUT2D eigenvalue weighted by atomic mass is 15.0. The first-order chi connectivity index (χ1) is 27.9. The van der Waals surface area contributed by atoms with Crippen LogP contribution in [-0.2, 0) is 0 Å². The minimum absolute atomic E-state index is 0.101. The van der Waals surface area contributed by atoms with E-state index in [9.17, 15) is 0 Å². The van der Waals surface area contributed by atoms with E-state index in [1.165, 1.54) is 131 Å². The first-order valence-electron chi connectivity index (χ1n) is 19.9. The van der Waals surface area contributed by atoms with Gasteiger partial charge in [-0.05, 0) is 44.8 Å². The topological polar surface area (TPSA) is 8.82 Å². The Morgan fingerprint density at radius 3 is 1.41 bits per heavy atom. The number of benzene rings is 10. The average Bonchev–Trinajstić information content (AvgIpc) is 3.90. The largest absolute Gasteiger partial charge is 0.304 e. The van der Waals surface area contributed by atoms with Gasteiger partial charge in [0, 0.05) is 32.3 Å². The van der Waals surface area contributed by atoms with Crippen LogP contribution >= 0.6 is 0 Å². The molecular weight excluding hydrogens is 674 g/mol. The summed E-state index contributed by atoms with van der Waals surface area (Å²) in [4.78, 5) is 0. The lowest BCUT2D eigenvalue weighted by atomic mass is 9.21. The van der Waals surface area contributed by atoms with Crippen molar-refractivity contribution in [3.05, 3.63) is 170 Å². The maximum atomic E-state index is 2.63. The van der Waals surface area contributed by atoms with Gasteiger partial charge in [0.25, 0.3) is 0 Å². The second-order valence-electron chi connectivity index (χ2n) is 16.2. The lowest BCUT2D eigenvalue weighted by Gasteiger charge is -2.33. The molecule has 0 atom stereocenters. The Hall–Kier alpha value is -7.03. The van der Waals surface area contributed by atoms with Crippen LogP contribution in [0.2, 0.25) is 0 Å². The number of hydrogen-bond donors (Lipinski definition) is 0. The van der Waals surface area contributed by atoms with E-state index in [-0.39, 0.29) is 13.4 Å². The van der Waals surface area contributed by atoms with Crippen molar-refractivity contribution < 1.29 is 0 Å². The average molecular weight is 702 g/mol. The Bertz CT molecular complexity index is 3710. The fraction of sp³-hybridized carbons (Fsp3) is 0. The second kappa shape index (κ2) is 9.60. The molecule has 0 radical (unpaired) electrons. The molecule has 56 heavy (non-hydrogen) atoms. The molecular formula is C52H28B2N2. The van der Waals surface area contributed by atoms with Crippen LogP contribution in [0.4, 0.5) is 0 Å². The molecule has 13 aromatic rings. The maximum Gasteiger partial charge on any atom is 0.242 e. The predicted octanol–water partition coefficient (Wildman–Crippen LogP) is 8.47. The molecule has 0 saturated heterocycles. The van der Waals surface area contributed by atoms with Gasteiger partial charge in [-0.3, -0.25) is 0 Å². The molecule has 252 valence electrons. The maximum absolute atomic E-state index is 2.63. The van der Waals surface area contributed by atoms with Crippen molar-refractivity contribution in [2.24, 2.45) is 0 Å². The number of rotatable bonds is 1. The van der Waals surface area contributed by atoms with E-state index >= 15 is 0 Å². The number of para-hydroxylation sites is 2. The zero-order valence-corrected chi connectivity index (χ0v) is 30.2. The first-order valence-corrected chi connectivity index (χ1v) is 19.9. The van der Waals surface area contributed by atoms with E-state index in [0.717, 1.165) is 0 Å². The van der Waals surface area contributed by atoms with Crippen molar-refractivity contribution in [3.8, 4) is 11.1 Å². The lowest BCUT2D eigenvalue weighted by molar-refractivity contribution is 1.27. The van der Waals surface area contributed by atoms with Gasteiger partial charge in [-0.1, -0.05) is 191 Å². The molecule has 0 aliphatic carbocycles. The Morgan fingerprint density at radius 2 is 0.750 bits per heavy atom. The summed E-state index contributed by atoms with van der Waals surface area (Å²) in [6.45, 7) is 0.259. The van der Waals surface area contributed by atoms with Crippen molar-refractivity contribution in [2.45, 2.75) is 0 Å². The summed E-state index contributed by atoms with van der Waals surface area (Å²) >= 11 is 0. The van der Waals surface area contributed by atoms with Crippen molar-refractivity contribution in [1.82, 2.24) is 8.80 Å². The fourth-order valence-electron chi connectivity index (χ4n) is 12.1. The third-order valence-corrected chi connectivity index (χ3v) is 13.9. The Balaban J connectivity index is 1.26. The van der Waals surface area contributed by atoms with Crippen LogP contribution in [0.1, 0.15) is 0 Å². The molecule has 0 amide bonds. The fourth-order valence-corrected chi connectivity index (χ4v) is 12.1. The molecule has 3 aromatic heterocycles. The summed E-state index contributed by atoms with van der Waals surface area (Å²) in [6, 6.07) is 64.7. The van der Waals surface area contributed by atoms with Crippen molar-refractivity contribution in [1.29, 1.82) is 0 Å². The van der Waals surface area contributed by atoms with Crippen LogP contribution < -0.4 is 32.8 Å². The molecule has 2 aliphatic rings. The number of nitrogens with zero attached hydrogens (tertiary/aromatic N) is 2. The highest BCUT2D eigenvalue weighted by Gasteiger charge is 2.46. The van der Waals surface area contributed by atoms with Gasteiger partial charge in [-0.2, -0.15) is 0 Å². The molecule has 0 N–H and O–H groups in total. The lowest BCUT2D eigenvalue weighted by Crippen LogP contribution is -2.74. The quantitative estimate of drug-likeness (QED) is 0.0923. The molecule has 2 nitrogen and oxygen atoms in total. The molecule has 0 bridgehead atoms. The molecule has 15 rings (SSSR count). The first kappa shape index (κ1) is 28.4. The Morgan fingerprint density at radius 1 is 0.286 bits per heavy atom. The summed E-state index contributed by atoms with van der Waals surface area (Å²) in [7, 11) is 0. The summed E-state index contributed by atoms with van der Waals surface area (Å²) in [5.41, 5.74) is 19.1. The summed E-state index contributed by atoms with van der Waals surface area (Å²) in [5.74, 6) is 0. The third kappa shape index (κ3) is 3.03. The van der Waals surface area contributed by atoms with E-state index in [0.29, 0.717) is 0 Å². The number of hydrogen-bond acceptors (Lipinski definition) is 0. The van der Waals surface area contributed by atoms with Crippen molar-refractivity contribution in [3.63, 3.8) is 0 Å². The van der Waals surface area contributed by atoms with Gasteiger partial charge < -0.3 is 8.80 Å². The summed E-state index contributed by atoms with van der Waals surface area (Å²) in [5, 5.41) is 13.3. The van der Waals surface area contributed by atoms with Gasteiger partial charge in [0.15, 0.2) is 0 Å². The van der Waals surface area contributed by atoms with Gasteiger partial charge in [-0.25, -0.2) is 0 Å². The minimum atomic E-state index is 0.101. The van der Waals surface area contributed by atoms with E-state index in [2.05, 4.69) is 179 Å². The number of aromatic nitrogens is 2. The van der Waals surface area contributed by atoms with Crippen LogP contribution in [0.3, 0.4) is 0 Å². The monoisotopic (exact) mass is 702 g/mol. The highest BCUT2D eigenvalue weighted by molar-refractivity contribution is 7.14. The van der Waals surface area contributed by atoms with Gasteiger partial charge in [0.2, 0.25) is 13.4 Å². The van der Waals surface area contributed by atoms with Crippen molar-refractivity contribution >= 4 is 133 Å². The standard InChI is InChI=1S/C52H28B2N2/c1-2-13-29(14-3-1)53-41-24-12-18-33-30-15-4-7-23-40(30)54(46(33)41)48-37-20-11-22-39-45(37)44-36(47(48)53)19-10-21-38(44)51-52(39)56-43-26-9-6-17-32(43)35-28-27-34-31-16-5-8-25-42(31)55(51)49(34)50(35)56/h1-28H. The van der Waals surface area contributed by atoms with E-state index in [1.54, 1.807) is 0 Å². The zero-order chi connectivity index (χ0) is 36.0. The number of fused-ring (bicyclic) bond motifs is 18. The van der Waals surface area contributed by atoms with Crippen LogP contribution in [0.15, 0.2) is 170 Å². The normalized spacial score (nSPS) is 13.6. The summed E-state index contributed by atoms with van der Waals surface area (Å²) < 4.78 is 5.25. The van der Waals surface area contributed by atoms with Crippen LogP contribution in [0.25, 0.3) is 98.1 Å². The van der Waals surface area contributed by atoms with Gasteiger partial charge in [-0.15, -0.1) is 0 Å². The molecule has 5 heterocycles. The van der Waals surface area contributed by atoms with E-state index in [4.69, 9.17) is 0 Å². The highest BCUT2D eigenvalue weighted by Crippen LogP contribution is 2.47. The molecule has 0 saturated carbocycles. The van der Waals surface area contributed by atoms with E-state index in [1.807, 2.05) is 0 Å². The molecule has 0 spiro atoms. The van der Waals surface area contributed by atoms with Gasteiger partial charge >= 0.3 is 0 Å². The van der Waals surface area contributed by atoms with Crippen LogP contribution in [0.5, 0.6) is 0 Å². The van der Waals surface area contributed by atoms with Crippen LogP contribution in [0, 0.1) is 0 Å². The zero-order valence-electron chi connectivity index (χ0n) is 30.2. The Kier molecular flexibility index (Phi) is 4.87. The second-order valence-corrected chi connectivity index (χ2v) is 16.2. The molecule has 2 aliphatic heterocycles. The van der Waals surface area contributed by atoms with E-state index < -0.39 is 0 Å².